The topological polar surface area (TPSA) is 41.8 Å². The van der Waals surface area contributed by atoms with Gasteiger partial charge in [-0.1, -0.05) is 6.07 Å². The molecule has 1 heterocycles. The molecule has 2 aromatic rings. The summed E-state index contributed by atoms with van der Waals surface area (Å²) in [5, 5.41) is 0.997. The van der Waals surface area contributed by atoms with Crippen LogP contribution >= 0.6 is 0 Å². The van der Waals surface area contributed by atoms with Crippen molar-refractivity contribution in [2.45, 2.75) is 6.67 Å². The Kier molecular flexibility index (Phi) is 1.50. The number of aromatic nitrogens is 1. The Morgan fingerprint density at radius 3 is 2.92 bits per heavy atom. The second-order valence-corrected chi connectivity index (χ2v) is 2.77. The fourth-order valence-electron chi connectivity index (χ4n) is 1.28. The molecule has 0 amide bonds. The maximum absolute atomic E-state index is 12.2. The molecular formula is C9H9FN2. The van der Waals surface area contributed by atoms with Crippen molar-refractivity contribution in [1.82, 2.24) is 4.98 Å². The highest BCUT2D eigenvalue weighted by Gasteiger charge is 1.99. The largest absolute Gasteiger partial charge is 0.399 e. The summed E-state index contributed by atoms with van der Waals surface area (Å²) in [5.41, 5.74) is 7.73. The summed E-state index contributed by atoms with van der Waals surface area (Å²) in [5.74, 6) is 0. The number of aromatic amines is 1. The number of hydrogen-bond donors (Lipinski definition) is 2. The zero-order valence-electron chi connectivity index (χ0n) is 6.47. The predicted molar refractivity (Wildman–Crippen MR) is 47.5 cm³/mol. The van der Waals surface area contributed by atoms with Crippen LogP contribution in [0.25, 0.3) is 10.9 Å². The van der Waals surface area contributed by atoms with Crippen LogP contribution in [-0.2, 0) is 6.67 Å². The van der Waals surface area contributed by atoms with E-state index >= 15 is 0 Å². The van der Waals surface area contributed by atoms with Crippen molar-refractivity contribution < 1.29 is 4.39 Å². The van der Waals surface area contributed by atoms with Crippen molar-refractivity contribution >= 4 is 16.6 Å². The molecule has 0 atom stereocenters. The van der Waals surface area contributed by atoms with Crippen molar-refractivity contribution in [3.63, 3.8) is 0 Å². The molecule has 2 nitrogen and oxygen atoms in total. The number of alkyl halides is 1. The van der Waals surface area contributed by atoms with Gasteiger partial charge in [0.2, 0.25) is 0 Å². The first-order valence-corrected chi connectivity index (χ1v) is 3.72. The SMILES string of the molecule is Nc1ccc2cc(CF)[nH]c2c1. The molecule has 0 aliphatic carbocycles. The molecule has 12 heavy (non-hydrogen) atoms. The molecule has 0 aliphatic heterocycles. The van der Waals surface area contributed by atoms with E-state index in [-0.39, 0.29) is 0 Å². The van der Waals surface area contributed by atoms with E-state index < -0.39 is 6.67 Å². The minimum atomic E-state index is -0.464. The molecule has 0 bridgehead atoms. The lowest BCUT2D eigenvalue weighted by atomic mass is 10.2. The van der Waals surface area contributed by atoms with E-state index in [1.807, 2.05) is 6.07 Å². The number of nitrogens with one attached hydrogen (secondary N) is 1. The summed E-state index contributed by atoms with van der Waals surface area (Å²) in [7, 11) is 0. The van der Waals surface area contributed by atoms with Crippen LogP contribution in [0.2, 0.25) is 0 Å². The Labute approximate surface area is 69.2 Å². The number of halogens is 1. The van der Waals surface area contributed by atoms with E-state index in [0.29, 0.717) is 11.4 Å². The standard InChI is InChI=1S/C9H9FN2/c10-5-8-3-6-1-2-7(11)4-9(6)12-8/h1-4,12H,5,11H2. The van der Waals surface area contributed by atoms with Gasteiger partial charge in [-0.2, -0.15) is 0 Å². The van der Waals surface area contributed by atoms with Gasteiger partial charge in [-0.15, -0.1) is 0 Å². The number of rotatable bonds is 1. The van der Waals surface area contributed by atoms with E-state index in [0.717, 1.165) is 10.9 Å². The van der Waals surface area contributed by atoms with Crippen LogP contribution in [0, 0.1) is 0 Å². The van der Waals surface area contributed by atoms with Gasteiger partial charge in [0.1, 0.15) is 6.67 Å². The normalized spacial score (nSPS) is 10.8. The Bertz CT molecular complexity index is 406. The Morgan fingerprint density at radius 2 is 2.17 bits per heavy atom. The van der Waals surface area contributed by atoms with Crippen molar-refractivity contribution in [1.29, 1.82) is 0 Å². The molecule has 0 aliphatic rings. The zero-order valence-corrected chi connectivity index (χ0v) is 6.47. The number of H-pyrrole nitrogens is 1. The molecule has 0 radical (unpaired) electrons. The van der Waals surface area contributed by atoms with Gasteiger partial charge in [-0.05, 0) is 23.6 Å². The van der Waals surface area contributed by atoms with E-state index in [9.17, 15) is 4.39 Å². The van der Waals surface area contributed by atoms with Gasteiger partial charge in [0, 0.05) is 16.9 Å². The second-order valence-electron chi connectivity index (χ2n) is 2.77. The number of anilines is 1. The van der Waals surface area contributed by atoms with Crippen molar-refractivity contribution in [3.8, 4) is 0 Å². The van der Waals surface area contributed by atoms with Crippen LogP contribution in [0.5, 0.6) is 0 Å². The molecule has 3 heteroatoms. The summed E-state index contributed by atoms with van der Waals surface area (Å²) in [6.45, 7) is -0.464. The van der Waals surface area contributed by atoms with Crippen molar-refractivity contribution in [2.75, 3.05) is 5.73 Å². The predicted octanol–water partition coefficient (Wildman–Crippen LogP) is 2.22. The van der Waals surface area contributed by atoms with E-state index in [1.165, 1.54) is 0 Å². The fraction of sp³-hybridized carbons (Fsp3) is 0.111. The van der Waals surface area contributed by atoms with Gasteiger partial charge >= 0.3 is 0 Å². The van der Waals surface area contributed by atoms with Crippen LogP contribution in [-0.4, -0.2) is 4.98 Å². The van der Waals surface area contributed by atoms with E-state index in [1.54, 1.807) is 18.2 Å². The highest BCUT2D eigenvalue weighted by Crippen LogP contribution is 2.18. The maximum atomic E-state index is 12.2. The highest BCUT2D eigenvalue weighted by atomic mass is 19.1. The minimum Gasteiger partial charge on any atom is -0.399 e. The van der Waals surface area contributed by atoms with Gasteiger partial charge in [0.25, 0.3) is 0 Å². The third kappa shape index (κ3) is 1.03. The van der Waals surface area contributed by atoms with Gasteiger partial charge in [-0.3, -0.25) is 0 Å². The van der Waals surface area contributed by atoms with E-state index in [2.05, 4.69) is 4.98 Å². The van der Waals surface area contributed by atoms with Crippen LogP contribution in [0.3, 0.4) is 0 Å². The third-order valence-corrected chi connectivity index (χ3v) is 1.85. The summed E-state index contributed by atoms with van der Waals surface area (Å²) in [4.78, 5) is 2.93. The number of benzene rings is 1. The maximum Gasteiger partial charge on any atom is 0.129 e. The molecule has 0 fully saturated rings. The number of fused-ring (bicyclic) bond motifs is 1. The Morgan fingerprint density at radius 1 is 1.33 bits per heavy atom. The van der Waals surface area contributed by atoms with Crippen LogP contribution in [0.15, 0.2) is 24.3 Å². The quantitative estimate of drug-likeness (QED) is 0.623. The van der Waals surface area contributed by atoms with E-state index in [4.69, 9.17) is 5.73 Å². The third-order valence-electron chi connectivity index (χ3n) is 1.85. The summed E-state index contributed by atoms with van der Waals surface area (Å²) in [6, 6.07) is 7.27. The first-order chi connectivity index (χ1) is 5.79. The molecule has 0 spiro atoms. The minimum absolute atomic E-state index is 0.464. The molecule has 62 valence electrons. The smallest absolute Gasteiger partial charge is 0.129 e. The van der Waals surface area contributed by atoms with Crippen LogP contribution < -0.4 is 5.73 Å². The molecule has 0 saturated heterocycles. The molecule has 1 aromatic carbocycles. The number of hydrogen-bond acceptors (Lipinski definition) is 1. The van der Waals surface area contributed by atoms with Gasteiger partial charge in [-0.25, -0.2) is 4.39 Å². The van der Waals surface area contributed by atoms with Crippen LogP contribution in [0.4, 0.5) is 10.1 Å². The first kappa shape index (κ1) is 7.16. The number of nitrogens with two attached hydrogens (primary N) is 1. The van der Waals surface area contributed by atoms with Gasteiger partial charge in [0.15, 0.2) is 0 Å². The summed E-state index contributed by atoms with van der Waals surface area (Å²) < 4.78 is 12.2. The first-order valence-electron chi connectivity index (χ1n) is 3.72. The van der Waals surface area contributed by atoms with Gasteiger partial charge < -0.3 is 10.7 Å². The molecular weight excluding hydrogens is 155 g/mol. The lowest BCUT2D eigenvalue weighted by Gasteiger charge is -1.91. The molecule has 0 unspecified atom stereocenters. The van der Waals surface area contributed by atoms with Gasteiger partial charge in [0.05, 0.1) is 0 Å². The average molecular weight is 164 g/mol. The Balaban J connectivity index is 2.67. The second kappa shape index (κ2) is 2.52. The number of nitrogen functional groups attached to an aromatic ring is 1. The zero-order chi connectivity index (χ0) is 8.55. The van der Waals surface area contributed by atoms with Crippen molar-refractivity contribution in [2.24, 2.45) is 0 Å². The summed E-state index contributed by atoms with van der Waals surface area (Å²) in [6.07, 6.45) is 0. The molecule has 3 N–H and O–H groups in total. The lowest BCUT2D eigenvalue weighted by molar-refractivity contribution is 0.478. The van der Waals surface area contributed by atoms with Crippen LogP contribution in [0.1, 0.15) is 5.69 Å². The average Bonchev–Trinajstić information content (AvgIpc) is 2.46. The Hall–Kier alpha value is -1.51. The molecule has 0 saturated carbocycles. The monoisotopic (exact) mass is 164 g/mol. The molecule has 2 rings (SSSR count). The fourth-order valence-corrected chi connectivity index (χ4v) is 1.28. The van der Waals surface area contributed by atoms with Crippen molar-refractivity contribution in [3.05, 3.63) is 30.0 Å². The summed E-state index contributed by atoms with van der Waals surface area (Å²) >= 11 is 0. The molecule has 1 aromatic heterocycles. The lowest BCUT2D eigenvalue weighted by Crippen LogP contribution is -1.82. The highest BCUT2D eigenvalue weighted by molar-refractivity contribution is 5.83.